The van der Waals surface area contributed by atoms with Crippen LogP contribution in [0.1, 0.15) is 17.2 Å². The third-order valence-electron chi connectivity index (χ3n) is 6.24. The van der Waals surface area contributed by atoms with Crippen molar-refractivity contribution in [2.75, 3.05) is 44.9 Å². The van der Waals surface area contributed by atoms with Gasteiger partial charge in [-0.1, -0.05) is 42.5 Å². The minimum Gasteiger partial charge on any atom is -0.494 e. The van der Waals surface area contributed by atoms with E-state index in [0.29, 0.717) is 12.1 Å². The first kappa shape index (κ1) is 18.4. The first-order valence-electron chi connectivity index (χ1n) is 10.3. The fourth-order valence-electron chi connectivity index (χ4n) is 4.71. The summed E-state index contributed by atoms with van der Waals surface area (Å²) >= 11 is 0. The molecule has 0 unspecified atom stereocenters. The molecule has 5 rings (SSSR count). The number of nitrogens with zero attached hydrogens (tertiary/aromatic N) is 3. The Morgan fingerprint density at radius 1 is 1.03 bits per heavy atom. The molecule has 3 aromatic rings. The second-order valence-electron chi connectivity index (χ2n) is 7.96. The SMILES string of the molecule is COc1cccc2c(C)cc(N3CCN4[C@@H](COC[C@@H]4c4ccccc4)C3)nc12. The van der Waals surface area contributed by atoms with Crippen molar-refractivity contribution in [2.24, 2.45) is 0 Å². The quantitative estimate of drug-likeness (QED) is 0.681. The minimum absolute atomic E-state index is 0.337. The molecule has 0 aliphatic carbocycles. The average Bonchev–Trinajstić information content (AvgIpc) is 2.78. The van der Waals surface area contributed by atoms with E-state index in [1.54, 1.807) is 7.11 Å². The minimum atomic E-state index is 0.337. The number of morpholine rings is 1. The molecular weight excluding hydrogens is 362 g/mol. The Labute approximate surface area is 171 Å². The number of hydrogen-bond acceptors (Lipinski definition) is 5. The third kappa shape index (κ3) is 3.34. The molecule has 0 N–H and O–H groups in total. The standard InChI is InChI=1S/C24H27N3O2/c1-17-13-23(25-24-20(17)9-6-10-22(24)28-2)26-11-12-27-19(14-26)15-29-16-21(27)18-7-4-3-5-8-18/h3-10,13,19,21H,11-12,14-16H2,1-2H3/t19-,21-/m1/s1. The Bertz CT molecular complexity index is 1010. The van der Waals surface area contributed by atoms with E-state index in [2.05, 4.69) is 59.2 Å². The molecule has 3 heterocycles. The predicted octanol–water partition coefficient (Wildman–Crippen LogP) is 3.81. The van der Waals surface area contributed by atoms with Crippen molar-refractivity contribution in [1.29, 1.82) is 0 Å². The Hall–Kier alpha value is -2.63. The zero-order valence-electron chi connectivity index (χ0n) is 17.0. The lowest BCUT2D eigenvalue weighted by Gasteiger charge is -2.48. The largest absolute Gasteiger partial charge is 0.494 e. The van der Waals surface area contributed by atoms with Crippen molar-refractivity contribution < 1.29 is 9.47 Å². The van der Waals surface area contributed by atoms with Crippen LogP contribution in [0.5, 0.6) is 5.75 Å². The summed E-state index contributed by atoms with van der Waals surface area (Å²) in [6.07, 6.45) is 0. The topological polar surface area (TPSA) is 37.8 Å². The summed E-state index contributed by atoms with van der Waals surface area (Å²) in [5.74, 6) is 1.86. The lowest BCUT2D eigenvalue weighted by molar-refractivity contribution is -0.0547. The molecular formula is C24H27N3O2. The van der Waals surface area contributed by atoms with Crippen molar-refractivity contribution >= 4 is 16.7 Å². The van der Waals surface area contributed by atoms with Gasteiger partial charge in [0.05, 0.1) is 32.4 Å². The Morgan fingerprint density at radius 3 is 2.72 bits per heavy atom. The maximum absolute atomic E-state index is 6.01. The molecule has 2 fully saturated rings. The predicted molar refractivity (Wildman–Crippen MR) is 116 cm³/mol. The van der Waals surface area contributed by atoms with Crippen molar-refractivity contribution in [3.05, 3.63) is 65.7 Å². The first-order chi connectivity index (χ1) is 14.2. The van der Waals surface area contributed by atoms with Gasteiger partial charge in [0.2, 0.25) is 0 Å². The smallest absolute Gasteiger partial charge is 0.145 e. The lowest BCUT2D eigenvalue weighted by atomic mass is 10.00. The molecule has 0 radical (unpaired) electrons. The van der Waals surface area contributed by atoms with Crippen LogP contribution in [0.4, 0.5) is 5.82 Å². The molecule has 0 spiro atoms. The number of hydrogen-bond donors (Lipinski definition) is 0. The Morgan fingerprint density at radius 2 is 1.90 bits per heavy atom. The third-order valence-corrected chi connectivity index (χ3v) is 6.24. The molecule has 0 saturated carbocycles. The molecule has 0 amide bonds. The zero-order chi connectivity index (χ0) is 19.8. The number of para-hydroxylation sites is 1. The van der Waals surface area contributed by atoms with Crippen LogP contribution >= 0.6 is 0 Å². The number of pyridine rings is 1. The van der Waals surface area contributed by atoms with E-state index >= 15 is 0 Å². The molecule has 0 bridgehead atoms. The number of ether oxygens (including phenoxy) is 2. The molecule has 2 aliphatic heterocycles. The van der Waals surface area contributed by atoms with E-state index in [4.69, 9.17) is 14.5 Å². The fraction of sp³-hybridized carbons (Fsp3) is 0.375. The molecule has 2 saturated heterocycles. The van der Waals surface area contributed by atoms with Crippen LogP contribution in [-0.2, 0) is 4.74 Å². The number of piperazine rings is 1. The van der Waals surface area contributed by atoms with Crippen LogP contribution in [0.15, 0.2) is 54.6 Å². The van der Waals surface area contributed by atoms with Crippen LogP contribution in [0.2, 0.25) is 0 Å². The number of aromatic nitrogens is 1. The molecule has 2 atom stereocenters. The molecule has 2 aliphatic rings. The molecule has 1 aromatic heterocycles. The summed E-state index contributed by atoms with van der Waals surface area (Å²) in [6, 6.07) is 19.8. The number of fused-ring (bicyclic) bond motifs is 2. The van der Waals surface area contributed by atoms with E-state index < -0.39 is 0 Å². The van der Waals surface area contributed by atoms with Gasteiger partial charge in [0.1, 0.15) is 17.1 Å². The number of rotatable bonds is 3. The second-order valence-corrected chi connectivity index (χ2v) is 7.96. The number of methoxy groups -OCH3 is 1. The van der Waals surface area contributed by atoms with Gasteiger partial charge < -0.3 is 14.4 Å². The van der Waals surface area contributed by atoms with Gasteiger partial charge >= 0.3 is 0 Å². The molecule has 150 valence electrons. The fourth-order valence-corrected chi connectivity index (χ4v) is 4.71. The van der Waals surface area contributed by atoms with Gasteiger partial charge in [-0.25, -0.2) is 4.98 Å². The van der Waals surface area contributed by atoms with Crippen LogP contribution in [0.25, 0.3) is 10.9 Å². The summed E-state index contributed by atoms with van der Waals surface area (Å²) in [5, 5.41) is 1.15. The number of aryl methyl sites for hydroxylation is 1. The highest BCUT2D eigenvalue weighted by atomic mass is 16.5. The van der Waals surface area contributed by atoms with E-state index in [0.717, 1.165) is 55.3 Å². The summed E-state index contributed by atoms with van der Waals surface area (Å²) in [5.41, 5.74) is 3.51. The molecule has 5 heteroatoms. The van der Waals surface area contributed by atoms with Gasteiger partial charge in [-0.05, 0) is 30.2 Å². The highest BCUT2D eigenvalue weighted by molar-refractivity contribution is 5.88. The van der Waals surface area contributed by atoms with Crippen molar-refractivity contribution in [3.63, 3.8) is 0 Å². The Kier molecular flexibility index (Phi) is 4.86. The highest BCUT2D eigenvalue weighted by Crippen LogP contribution is 2.33. The van der Waals surface area contributed by atoms with Crippen molar-refractivity contribution in [1.82, 2.24) is 9.88 Å². The first-order valence-corrected chi connectivity index (χ1v) is 10.3. The maximum atomic E-state index is 6.01. The van der Waals surface area contributed by atoms with Crippen LogP contribution in [-0.4, -0.2) is 55.9 Å². The van der Waals surface area contributed by atoms with Crippen molar-refractivity contribution in [3.8, 4) is 5.75 Å². The summed E-state index contributed by atoms with van der Waals surface area (Å²) < 4.78 is 11.6. The molecule has 29 heavy (non-hydrogen) atoms. The van der Waals surface area contributed by atoms with Gasteiger partial charge in [0.25, 0.3) is 0 Å². The highest BCUT2D eigenvalue weighted by Gasteiger charge is 2.36. The van der Waals surface area contributed by atoms with Crippen LogP contribution in [0, 0.1) is 6.92 Å². The monoisotopic (exact) mass is 389 g/mol. The normalized spacial score (nSPS) is 22.5. The summed E-state index contributed by atoms with van der Waals surface area (Å²) in [6.45, 7) is 6.60. The average molecular weight is 389 g/mol. The van der Waals surface area contributed by atoms with Crippen LogP contribution < -0.4 is 9.64 Å². The van der Waals surface area contributed by atoms with E-state index in [9.17, 15) is 0 Å². The lowest BCUT2D eigenvalue weighted by Crippen LogP contribution is -2.59. The number of anilines is 1. The van der Waals surface area contributed by atoms with E-state index in [-0.39, 0.29) is 0 Å². The summed E-state index contributed by atoms with van der Waals surface area (Å²) in [7, 11) is 1.71. The zero-order valence-corrected chi connectivity index (χ0v) is 17.0. The van der Waals surface area contributed by atoms with Crippen molar-refractivity contribution in [2.45, 2.75) is 19.0 Å². The van der Waals surface area contributed by atoms with Gasteiger partial charge in [-0.3, -0.25) is 4.90 Å². The maximum Gasteiger partial charge on any atom is 0.145 e. The summed E-state index contributed by atoms with van der Waals surface area (Å²) in [4.78, 5) is 10.0. The van der Waals surface area contributed by atoms with Gasteiger partial charge in [0.15, 0.2) is 0 Å². The second kappa shape index (κ2) is 7.65. The van der Waals surface area contributed by atoms with Gasteiger partial charge in [-0.2, -0.15) is 0 Å². The van der Waals surface area contributed by atoms with Gasteiger partial charge in [-0.15, -0.1) is 0 Å². The van der Waals surface area contributed by atoms with E-state index in [1.807, 2.05) is 12.1 Å². The van der Waals surface area contributed by atoms with Crippen LogP contribution in [0.3, 0.4) is 0 Å². The Balaban J connectivity index is 1.42. The van der Waals surface area contributed by atoms with Gasteiger partial charge in [0, 0.05) is 25.0 Å². The number of benzene rings is 2. The molecule has 5 nitrogen and oxygen atoms in total. The van der Waals surface area contributed by atoms with E-state index in [1.165, 1.54) is 11.1 Å². The molecule has 2 aromatic carbocycles.